The largest absolute Gasteiger partial charge is 0.329 e. The fraction of sp³-hybridized carbons (Fsp3) is 1.00. The van der Waals surface area contributed by atoms with E-state index in [4.69, 9.17) is 5.73 Å². The third-order valence-electron chi connectivity index (χ3n) is 1.23. The van der Waals surface area contributed by atoms with Gasteiger partial charge in [-0.2, -0.15) is 11.8 Å². The second-order valence-electron chi connectivity index (χ2n) is 2.29. The van der Waals surface area contributed by atoms with E-state index >= 15 is 0 Å². The Hall–Kier alpha value is 0.260. The summed E-state index contributed by atoms with van der Waals surface area (Å²) in [6.07, 6.45) is 2.71. The van der Waals surface area contributed by atoms with E-state index in [0.717, 1.165) is 12.2 Å². The first-order chi connectivity index (χ1) is 5.12. The van der Waals surface area contributed by atoms with Crippen LogP contribution < -0.4 is 5.73 Å². The molecule has 0 saturated heterocycles. The topological polar surface area (TPSA) is 60.2 Å². The molecule has 0 aliphatic rings. The molecule has 0 spiro atoms. The van der Waals surface area contributed by atoms with Crippen molar-refractivity contribution in [3.05, 3.63) is 0 Å². The molecule has 2 N–H and O–H groups in total. The SMILES string of the molecule is CSCCCS(=O)(=O)CCN. The Kier molecular flexibility index (Phi) is 5.99. The van der Waals surface area contributed by atoms with Crippen LogP contribution in [-0.4, -0.2) is 38.5 Å². The molecule has 0 aromatic carbocycles. The highest BCUT2D eigenvalue weighted by Crippen LogP contribution is 1.99. The maximum Gasteiger partial charge on any atom is 0.151 e. The van der Waals surface area contributed by atoms with Crippen LogP contribution >= 0.6 is 11.8 Å². The van der Waals surface area contributed by atoms with Crippen LogP contribution in [0.25, 0.3) is 0 Å². The molecule has 0 aliphatic carbocycles. The van der Waals surface area contributed by atoms with Crippen molar-refractivity contribution in [1.82, 2.24) is 0 Å². The second-order valence-corrected chi connectivity index (χ2v) is 5.58. The second kappa shape index (κ2) is 5.85. The summed E-state index contributed by atoms with van der Waals surface area (Å²) in [6, 6.07) is 0. The molecule has 0 radical (unpaired) electrons. The first-order valence-electron chi connectivity index (χ1n) is 3.52. The van der Waals surface area contributed by atoms with Crippen LogP contribution in [0.3, 0.4) is 0 Å². The smallest absolute Gasteiger partial charge is 0.151 e. The number of sulfone groups is 1. The fourth-order valence-corrected chi connectivity index (χ4v) is 2.47. The van der Waals surface area contributed by atoms with Crippen molar-refractivity contribution in [3.8, 4) is 0 Å². The molecule has 3 nitrogen and oxygen atoms in total. The van der Waals surface area contributed by atoms with Crippen molar-refractivity contribution in [2.24, 2.45) is 5.73 Å². The summed E-state index contributed by atoms with van der Waals surface area (Å²) in [7, 11) is -2.84. The molecule has 0 aromatic heterocycles. The summed E-state index contributed by atoms with van der Waals surface area (Å²) >= 11 is 1.66. The van der Waals surface area contributed by atoms with Crippen LogP contribution in [0.15, 0.2) is 0 Å². The van der Waals surface area contributed by atoms with Crippen LogP contribution in [0.1, 0.15) is 6.42 Å². The molecule has 0 unspecified atom stereocenters. The quantitative estimate of drug-likeness (QED) is 0.614. The summed E-state index contributed by atoms with van der Waals surface area (Å²) in [5.74, 6) is 1.32. The Balaban J connectivity index is 3.56. The molecule has 0 aliphatic heterocycles. The third kappa shape index (κ3) is 6.65. The van der Waals surface area contributed by atoms with Gasteiger partial charge in [-0.05, 0) is 18.4 Å². The molecule has 0 amide bonds. The van der Waals surface area contributed by atoms with Crippen LogP contribution in [0.4, 0.5) is 0 Å². The predicted octanol–water partition coefficient (Wildman–Crippen LogP) is 0.113. The molecule has 0 saturated carbocycles. The average molecular weight is 197 g/mol. The van der Waals surface area contributed by atoms with Gasteiger partial charge in [-0.1, -0.05) is 0 Å². The minimum absolute atomic E-state index is 0.126. The summed E-state index contributed by atoms with van der Waals surface area (Å²) in [5.41, 5.74) is 5.13. The van der Waals surface area contributed by atoms with Gasteiger partial charge in [-0.3, -0.25) is 0 Å². The maximum atomic E-state index is 11.0. The van der Waals surface area contributed by atoms with Gasteiger partial charge in [0.15, 0.2) is 9.84 Å². The van der Waals surface area contributed by atoms with E-state index in [1.807, 2.05) is 6.26 Å². The van der Waals surface area contributed by atoms with Gasteiger partial charge in [0, 0.05) is 6.54 Å². The van der Waals surface area contributed by atoms with Crippen molar-refractivity contribution >= 4 is 21.6 Å². The van der Waals surface area contributed by atoms with E-state index in [2.05, 4.69) is 0 Å². The van der Waals surface area contributed by atoms with Crippen LogP contribution in [-0.2, 0) is 9.84 Å². The Morgan fingerprint density at radius 1 is 1.36 bits per heavy atom. The number of hydrogen-bond donors (Lipinski definition) is 1. The van der Waals surface area contributed by atoms with E-state index in [1.54, 1.807) is 11.8 Å². The van der Waals surface area contributed by atoms with Gasteiger partial charge in [0.1, 0.15) is 0 Å². The Morgan fingerprint density at radius 3 is 2.45 bits per heavy atom. The van der Waals surface area contributed by atoms with Crippen LogP contribution in [0.2, 0.25) is 0 Å². The van der Waals surface area contributed by atoms with Gasteiger partial charge in [0.2, 0.25) is 0 Å². The van der Waals surface area contributed by atoms with E-state index in [9.17, 15) is 8.42 Å². The summed E-state index contributed by atoms with van der Waals surface area (Å²) in [4.78, 5) is 0. The highest BCUT2D eigenvalue weighted by molar-refractivity contribution is 7.98. The molecule has 5 heteroatoms. The average Bonchev–Trinajstić information content (AvgIpc) is 1.87. The lowest BCUT2D eigenvalue weighted by Gasteiger charge is -2.00. The molecule has 68 valence electrons. The number of rotatable bonds is 6. The molecule has 0 aromatic rings. The van der Waals surface area contributed by atoms with Gasteiger partial charge < -0.3 is 5.73 Å². The van der Waals surface area contributed by atoms with Gasteiger partial charge >= 0.3 is 0 Å². The first-order valence-corrected chi connectivity index (χ1v) is 6.73. The lowest BCUT2D eigenvalue weighted by Crippen LogP contribution is -2.18. The van der Waals surface area contributed by atoms with Crippen LogP contribution in [0, 0.1) is 0 Å². The van der Waals surface area contributed by atoms with Crippen molar-refractivity contribution < 1.29 is 8.42 Å². The van der Waals surface area contributed by atoms with Crippen LogP contribution in [0.5, 0.6) is 0 Å². The molecule has 11 heavy (non-hydrogen) atoms. The minimum atomic E-state index is -2.84. The molecule has 0 atom stereocenters. The van der Waals surface area contributed by atoms with Gasteiger partial charge in [0.25, 0.3) is 0 Å². The Bertz CT molecular complexity index is 177. The van der Waals surface area contributed by atoms with Crippen molar-refractivity contribution in [3.63, 3.8) is 0 Å². The zero-order valence-corrected chi connectivity index (χ0v) is 8.38. The summed E-state index contributed by atoms with van der Waals surface area (Å²) < 4.78 is 22.0. The van der Waals surface area contributed by atoms with Gasteiger partial charge in [0.05, 0.1) is 11.5 Å². The maximum absolute atomic E-state index is 11.0. The zero-order chi connectivity index (χ0) is 8.74. The van der Waals surface area contributed by atoms with E-state index in [-0.39, 0.29) is 18.1 Å². The normalized spacial score (nSPS) is 11.8. The van der Waals surface area contributed by atoms with E-state index < -0.39 is 9.84 Å². The fourth-order valence-electron chi connectivity index (χ4n) is 0.705. The molecule has 0 rings (SSSR count). The lowest BCUT2D eigenvalue weighted by molar-refractivity contribution is 0.594. The lowest BCUT2D eigenvalue weighted by atomic mass is 10.6. The molecular formula is C6H15NO2S2. The third-order valence-corrected chi connectivity index (χ3v) is 3.70. The van der Waals surface area contributed by atoms with Crippen molar-refractivity contribution in [1.29, 1.82) is 0 Å². The number of nitrogens with two attached hydrogens (primary N) is 1. The predicted molar refractivity (Wildman–Crippen MR) is 50.7 cm³/mol. The molecule has 0 fully saturated rings. The summed E-state index contributed by atoms with van der Waals surface area (Å²) in [6.45, 7) is 0.238. The zero-order valence-electron chi connectivity index (χ0n) is 6.75. The first kappa shape index (κ1) is 11.3. The van der Waals surface area contributed by atoms with Gasteiger partial charge in [-0.15, -0.1) is 0 Å². The van der Waals surface area contributed by atoms with Crippen molar-refractivity contribution in [2.45, 2.75) is 6.42 Å². The molecular weight excluding hydrogens is 182 g/mol. The summed E-state index contributed by atoms with van der Waals surface area (Å²) in [5, 5.41) is 0. The number of thioether (sulfide) groups is 1. The van der Waals surface area contributed by atoms with E-state index in [1.165, 1.54) is 0 Å². The highest BCUT2D eigenvalue weighted by atomic mass is 32.2. The Labute approximate surface area is 72.7 Å². The minimum Gasteiger partial charge on any atom is -0.329 e. The Morgan fingerprint density at radius 2 is 2.00 bits per heavy atom. The number of hydrogen-bond acceptors (Lipinski definition) is 4. The molecule has 0 bridgehead atoms. The monoisotopic (exact) mass is 197 g/mol. The molecule has 0 heterocycles. The highest BCUT2D eigenvalue weighted by Gasteiger charge is 2.07. The standard InChI is InChI=1S/C6H15NO2S2/c1-10-4-2-5-11(8,9)6-3-7/h2-7H2,1H3. The van der Waals surface area contributed by atoms with Crippen molar-refractivity contribution in [2.75, 3.05) is 30.1 Å². The van der Waals surface area contributed by atoms with E-state index in [0.29, 0.717) is 0 Å². The van der Waals surface area contributed by atoms with Gasteiger partial charge in [-0.25, -0.2) is 8.42 Å².